The minimum atomic E-state index is -4.17. The number of halogens is 1. The van der Waals surface area contributed by atoms with Crippen LogP contribution in [0.3, 0.4) is 0 Å². The van der Waals surface area contributed by atoms with Crippen LogP contribution in [0.15, 0.2) is 113 Å². The maximum absolute atomic E-state index is 14.5. The van der Waals surface area contributed by atoms with E-state index in [-0.39, 0.29) is 23.8 Å². The zero-order valence-corrected chi connectivity index (χ0v) is 28.0. The van der Waals surface area contributed by atoms with Gasteiger partial charge in [0.25, 0.3) is 10.0 Å². The van der Waals surface area contributed by atoms with Crippen molar-refractivity contribution < 1.29 is 18.0 Å². The number of carbonyl (C=O) groups excluding carboxylic acids is 2. The number of hydrogen-bond donors (Lipinski definition) is 1. The lowest BCUT2D eigenvalue weighted by molar-refractivity contribution is -0.140. The normalized spacial score (nSPS) is 11.9. The van der Waals surface area contributed by atoms with Crippen molar-refractivity contribution in [2.75, 3.05) is 23.7 Å². The van der Waals surface area contributed by atoms with E-state index in [9.17, 15) is 18.0 Å². The summed E-state index contributed by atoms with van der Waals surface area (Å²) >= 11 is 8.05. The van der Waals surface area contributed by atoms with Crippen molar-refractivity contribution in [2.45, 2.75) is 49.1 Å². The molecular formula is C35H38ClN3O4S2. The average Bonchev–Trinajstić information content (AvgIpc) is 3.05. The molecular weight excluding hydrogens is 626 g/mol. The second kappa shape index (κ2) is 16.0. The Morgan fingerprint density at radius 2 is 1.53 bits per heavy atom. The van der Waals surface area contributed by atoms with Crippen LogP contribution in [0.4, 0.5) is 5.69 Å². The molecule has 0 aliphatic heterocycles. The van der Waals surface area contributed by atoms with Gasteiger partial charge in [0.2, 0.25) is 11.8 Å². The second-order valence-corrected chi connectivity index (χ2v) is 13.8. The largest absolute Gasteiger partial charge is 0.354 e. The van der Waals surface area contributed by atoms with Gasteiger partial charge in [0, 0.05) is 29.4 Å². The van der Waals surface area contributed by atoms with E-state index in [1.807, 2.05) is 56.5 Å². The van der Waals surface area contributed by atoms with Gasteiger partial charge in [-0.3, -0.25) is 13.9 Å². The third-order valence-electron chi connectivity index (χ3n) is 7.37. The first-order valence-electron chi connectivity index (χ1n) is 14.7. The molecule has 0 saturated heterocycles. The van der Waals surface area contributed by atoms with E-state index in [2.05, 4.69) is 5.32 Å². The Kier molecular flexibility index (Phi) is 12.1. The molecule has 0 bridgehead atoms. The number of nitrogens with one attached hydrogen (secondary N) is 1. The zero-order chi connectivity index (χ0) is 32.4. The SMILES string of the molecule is CCCNC(=O)C(Cc1ccccc1)N(Cc1ccccc1Cl)C(=O)CN(c1ccc(C)cc1)S(=O)(=O)c1ccc(SC)cc1. The highest BCUT2D eigenvalue weighted by atomic mass is 35.5. The van der Waals surface area contributed by atoms with Gasteiger partial charge in [-0.1, -0.05) is 84.8 Å². The number of rotatable bonds is 14. The summed E-state index contributed by atoms with van der Waals surface area (Å²) in [6, 6.07) is 29.2. The first-order valence-corrected chi connectivity index (χ1v) is 17.8. The molecule has 0 radical (unpaired) electrons. The highest BCUT2D eigenvalue weighted by molar-refractivity contribution is 7.98. The molecule has 1 atom stereocenters. The molecule has 7 nitrogen and oxygen atoms in total. The van der Waals surface area contributed by atoms with Crippen LogP contribution in [0.1, 0.15) is 30.0 Å². The number of sulfonamides is 1. The van der Waals surface area contributed by atoms with Gasteiger partial charge in [0.1, 0.15) is 12.6 Å². The van der Waals surface area contributed by atoms with Crippen LogP contribution < -0.4 is 9.62 Å². The molecule has 0 heterocycles. The van der Waals surface area contributed by atoms with Gasteiger partial charge in [-0.2, -0.15) is 0 Å². The molecule has 0 aliphatic carbocycles. The van der Waals surface area contributed by atoms with Crippen molar-refractivity contribution in [2.24, 2.45) is 0 Å². The van der Waals surface area contributed by atoms with Crippen LogP contribution in [0.2, 0.25) is 5.02 Å². The van der Waals surface area contributed by atoms with Crippen molar-refractivity contribution >= 4 is 50.9 Å². The number of carbonyl (C=O) groups is 2. The summed E-state index contributed by atoms with van der Waals surface area (Å²) in [5, 5.41) is 3.39. The fraction of sp³-hybridized carbons (Fsp3) is 0.257. The molecule has 10 heteroatoms. The van der Waals surface area contributed by atoms with Crippen molar-refractivity contribution in [1.82, 2.24) is 10.2 Å². The Balaban J connectivity index is 1.80. The molecule has 4 rings (SSSR count). The Bertz CT molecular complexity index is 1680. The molecule has 0 aliphatic rings. The summed E-state index contributed by atoms with van der Waals surface area (Å²) in [4.78, 5) is 30.6. The zero-order valence-electron chi connectivity index (χ0n) is 25.6. The highest BCUT2D eigenvalue weighted by Crippen LogP contribution is 2.27. The van der Waals surface area contributed by atoms with E-state index in [1.54, 1.807) is 66.7 Å². The van der Waals surface area contributed by atoms with E-state index in [0.717, 1.165) is 26.7 Å². The van der Waals surface area contributed by atoms with E-state index in [0.29, 0.717) is 22.8 Å². The van der Waals surface area contributed by atoms with Crippen LogP contribution in [0.5, 0.6) is 0 Å². The number of amides is 2. The monoisotopic (exact) mass is 663 g/mol. The summed E-state index contributed by atoms with van der Waals surface area (Å²) in [6.45, 7) is 3.79. The fourth-order valence-electron chi connectivity index (χ4n) is 4.84. The van der Waals surface area contributed by atoms with Gasteiger partial charge < -0.3 is 10.2 Å². The minimum absolute atomic E-state index is 0.0136. The van der Waals surface area contributed by atoms with Crippen molar-refractivity contribution in [1.29, 1.82) is 0 Å². The Morgan fingerprint density at radius 3 is 2.16 bits per heavy atom. The lowest BCUT2D eigenvalue weighted by atomic mass is 10.0. The molecule has 236 valence electrons. The molecule has 1 unspecified atom stereocenters. The molecule has 45 heavy (non-hydrogen) atoms. The van der Waals surface area contributed by atoms with Gasteiger partial charge in [0.15, 0.2) is 0 Å². The van der Waals surface area contributed by atoms with E-state index in [1.165, 1.54) is 16.7 Å². The number of aryl methyl sites for hydroxylation is 1. The van der Waals surface area contributed by atoms with Crippen LogP contribution in [-0.2, 0) is 32.6 Å². The minimum Gasteiger partial charge on any atom is -0.354 e. The van der Waals surface area contributed by atoms with Gasteiger partial charge >= 0.3 is 0 Å². The molecule has 0 aromatic heterocycles. The van der Waals surface area contributed by atoms with Crippen molar-refractivity contribution in [3.05, 3.63) is 125 Å². The van der Waals surface area contributed by atoms with Crippen molar-refractivity contribution in [3.63, 3.8) is 0 Å². The Morgan fingerprint density at radius 1 is 0.889 bits per heavy atom. The first kappa shape index (κ1) is 34.1. The third kappa shape index (κ3) is 8.90. The standard InChI is InChI=1S/C35H38ClN3O4S2/c1-4-22-37-35(41)33(23-27-10-6-5-7-11-27)38(24-28-12-8-9-13-32(28)36)34(40)25-39(29-16-14-26(2)15-17-29)45(42,43)31-20-18-30(44-3)19-21-31/h5-21,33H,4,22-25H2,1-3H3,(H,37,41). The summed E-state index contributed by atoms with van der Waals surface area (Å²) in [7, 11) is -4.17. The van der Waals surface area contributed by atoms with Gasteiger partial charge in [-0.25, -0.2) is 8.42 Å². The van der Waals surface area contributed by atoms with Gasteiger partial charge in [-0.15, -0.1) is 11.8 Å². The van der Waals surface area contributed by atoms with E-state index in [4.69, 9.17) is 11.6 Å². The molecule has 4 aromatic carbocycles. The summed E-state index contributed by atoms with van der Waals surface area (Å²) in [5.74, 6) is -0.856. The maximum atomic E-state index is 14.5. The summed E-state index contributed by atoms with van der Waals surface area (Å²) in [5.41, 5.74) is 2.80. The molecule has 0 spiro atoms. The first-order chi connectivity index (χ1) is 21.6. The summed E-state index contributed by atoms with van der Waals surface area (Å²) < 4.78 is 29.5. The maximum Gasteiger partial charge on any atom is 0.264 e. The Labute approximate surface area is 275 Å². The van der Waals surface area contributed by atoms with Gasteiger partial charge in [-0.05, 0) is 73.2 Å². The van der Waals surface area contributed by atoms with Crippen molar-refractivity contribution in [3.8, 4) is 0 Å². The third-order valence-corrected chi connectivity index (χ3v) is 10.3. The fourth-order valence-corrected chi connectivity index (χ4v) is 6.86. The number of thioether (sulfide) groups is 1. The van der Waals surface area contributed by atoms with Crippen LogP contribution in [0.25, 0.3) is 0 Å². The quantitative estimate of drug-likeness (QED) is 0.151. The van der Waals surface area contributed by atoms with Crippen LogP contribution in [0, 0.1) is 6.92 Å². The van der Waals surface area contributed by atoms with E-state index < -0.39 is 28.5 Å². The van der Waals surface area contributed by atoms with Crippen LogP contribution in [-0.4, -0.2) is 50.5 Å². The van der Waals surface area contributed by atoms with Crippen LogP contribution >= 0.6 is 23.4 Å². The smallest absolute Gasteiger partial charge is 0.264 e. The average molecular weight is 664 g/mol. The topological polar surface area (TPSA) is 86.8 Å². The molecule has 0 fully saturated rings. The van der Waals surface area contributed by atoms with E-state index >= 15 is 0 Å². The lowest BCUT2D eigenvalue weighted by Gasteiger charge is -2.34. The highest BCUT2D eigenvalue weighted by Gasteiger charge is 2.34. The molecule has 2 amide bonds. The number of anilines is 1. The number of nitrogens with zero attached hydrogens (tertiary/aromatic N) is 2. The number of benzene rings is 4. The molecule has 1 N–H and O–H groups in total. The molecule has 0 saturated carbocycles. The summed E-state index contributed by atoms with van der Waals surface area (Å²) in [6.07, 6.45) is 2.87. The Hall–Kier alpha value is -3.79. The molecule has 4 aromatic rings. The number of hydrogen-bond acceptors (Lipinski definition) is 5. The predicted octanol–water partition coefficient (Wildman–Crippen LogP) is 6.73. The van der Waals surface area contributed by atoms with Gasteiger partial charge in [0.05, 0.1) is 10.6 Å². The second-order valence-electron chi connectivity index (χ2n) is 10.6. The lowest BCUT2D eigenvalue weighted by Crippen LogP contribution is -2.53. The predicted molar refractivity (Wildman–Crippen MR) is 183 cm³/mol.